The highest BCUT2D eigenvalue weighted by atomic mass is 19.3. The maximum atomic E-state index is 13.6. The van der Waals surface area contributed by atoms with E-state index >= 15 is 0 Å². The molecule has 1 saturated heterocycles. The van der Waals surface area contributed by atoms with Gasteiger partial charge in [0.2, 0.25) is 0 Å². The molecule has 168 valence electrons. The van der Waals surface area contributed by atoms with Crippen molar-refractivity contribution in [2.45, 2.75) is 33.2 Å². The summed E-state index contributed by atoms with van der Waals surface area (Å²) in [6.45, 7) is 7.37. The second-order valence-corrected chi connectivity index (χ2v) is 8.52. The number of amides is 1. The van der Waals surface area contributed by atoms with Crippen LogP contribution >= 0.6 is 0 Å². The number of carbonyl (C=O) groups is 1. The lowest BCUT2D eigenvalue weighted by molar-refractivity contribution is 0.127. The largest absolute Gasteiger partial charge is 0.449 e. The fraction of sp³-hybridized carbons (Fsp3) is 0.375. The van der Waals surface area contributed by atoms with E-state index in [0.717, 1.165) is 10.9 Å². The van der Waals surface area contributed by atoms with Crippen molar-refractivity contribution in [1.82, 2.24) is 15.3 Å². The summed E-state index contributed by atoms with van der Waals surface area (Å²) in [6, 6.07) is 12.1. The van der Waals surface area contributed by atoms with Gasteiger partial charge < -0.3 is 15.0 Å². The minimum atomic E-state index is -2.62. The van der Waals surface area contributed by atoms with Crippen LogP contribution in [0.3, 0.4) is 0 Å². The molecule has 32 heavy (non-hydrogen) atoms. The van der Waals surface area contributed by atoms with E-state index in [2.05, 4.69) is 15.3 Å². The van der Waals surface area contributed by atoms with Gasteiger partial charge in [-0.15, -0.1) is 0 Å². The number of alkyl carbamates (subject to hydrolysis) is 1. The van der Waals surface area contributed by atoms with E-state index in [-0.39, 0.29) is 23.3 Å². The number of nitrogens with one attached hydrogen (secondary N) is 1. The second-order valence-electron chi connectivity index (χ2n) is 8.52. The van der Waals surface area contributed by atoms with Crippen LogP contribution in [-0.2, 0) is 4.74 Å². The fourth-order valence-electron chi connectivity index (χ4n) is 3.67. The molecule has 0 atom stereocenters. The van der Waals surface area contributed by atoms with Crippen molar-refractivity contribution in [3.8, 4) is 11.4 Å². The quantitative estimate of drug-likeness (QED) is 0.577. The molecule has 1 fully saturated rings. The number of carbonyl (C=O) groups excluding carboxylic acids is 1. The first-order chi connectivity index (χ1) is 15.3. The van der Waals surface area contributed by atoms with Gasteiger partial charge in [-0.25, -0.2) is 23.5 Å². The average Bonchev–Trinajstić information content (AvgIpc) is 2.73. The van der Waals surface area contributed by atoms with E-state index in [9.17, 15) is 13.6 Å². The van der Waals surface area contributed by atoms with E-state index in [4.69, 9.17) is 4.74 Å². The number of aromatic nitrogens is 2. The van der Waals surface area contributed by atoms with Gasteiger partial charge in [-0.1, -0.05) is 44.2 Å². The second kappa shape index (κ2) is 9.06. The molecule has 0 radical (unpaired) electrons. The fourth-order valence-corrected chi connectivity index (χ4v) is 3.67. The molecule has 1 aromatic heterocycles. The molecule has 2 aromatic carbocycles. The summed E-state index contributed by atoms with van der Waals surface area (Å²) in [4.78, 5) is 23.2. The monoisotopic (exact) mass is 440 g/mol. The Bertz CT molecular complexity index is 1130. The maximum Gasteiger partial charge on any atom is 0.407 e. The number of hydrogen-bond acceptors (Lipinski definition) is 5. The molecule has 0 saturated carbocycles. The minimum Gasteiger partial charge on any atom is -0.449 e. The normalized spacial score (nSPS) is 14.2. The van der Waals surface area contributed by atoms with Gasteiger partial charge in [0.15, 0.2) is 5.82 Å². The summed E-state index contributed by atoms with van der Waals surface area (Å²) in [6.07, 6.45) is -3.06. The Morgan fingerprint density at radius 1 is 1.19 bits per heavy atom. The van der Waals surface area contributed by atoms with Crippen LogP contribution in [0.15, 0.2) is 42.5 Å². The molecule has 1 aliphatic rings. The molecule has 0 spiro atoms. The molecular formula is C24H26F2N4O2. The first-order valence-electron chi connectivity index (χ1n) is 10.7. The predicted molar refractivity (Wildman–Crippen MR) is 120 cm³/mol. The number of fused-ring (bicyclic) bond motifs is 1. The van der Waals surface area contributed by atoms with Gasteiger partial charge in [0, 0.05) is 29.6 Å². The van der Waals surface area contributed by atoms with Crippen LogP contribution in [0.1, 0.15) is 31.4 Å². The van der Waals surface area contributed by atoms with Gasteiger partial charge in [-0.2, -0.15) is 0 Å². The summed E-state index contributed by atoms with van der Waals surface area (Å²) in [5.41, 5.74) is 1.94. The molecular weight excluding hydrogens is 414 g/mol. The molecule has 6 nitrogen and oxygen atoms in total. The zero-order chi connectivity index (χ0) is 22.8. The van der Waals surface area contributed by atoms with E-state index < -0.39 is 12.5 Å². The molecule has 3 aromatic rings. The smallest absolute Gasteiger partial charge is 0.407 e. The lowest BCUT2D eigenvalue weighted by atomic mass is 10.0. The number of anilines is 1. The summed E-state index contributed by atoms with van der Waals surface area (Å²) in [5, 5.41) is 3.70. The van der Waals surface area contributed by atoms with Crippen LogP contribution < -0.4 is 10.2 Å². The van der Waals surface area contributed by atoms with E-state index in [1.165, 1.54) is 6.07 Å². The molecule has 0 bridgehead atoms. The lowest BCUT2D eigenvalue weighted by Gasteiger charge is -2.40. The highest BCUT2D eigenvalue weighted by molar-refractivity contribution is 5.92. The minimum absolute atomic E-state index is 0.0677. The zero-order valence-electron chi connectivity index (χ0n) is 18.3. The Labute approximate surface area is 185 Å². The number of nitrogens with zero attached hydrogens (tertiary/aromatic N) is 3. The molecule has 0 unspecified atom stereocenters. The van der Waals surface area contributed by atoms with Crippen molar-refractivity contribution in [3.05, 3.63) is 53.6 Å². The number of benzene rings is 2. The van der Waals surface area contributed by atoms with Crippen LogP contribution in [-0.4, -0.2) is 41.8 Å². The van der Waals surface area contributed by atoms with Crippen LogP contribution in [0.25, 0.3) is 22.3 Å². The number of ether oxygens (including phenoxy) is 1. The van der Waals surface area contributed by atoms with Crippen molar-refractivity contribution in [1.29, 1.82) is 0 Å². The Morgan fingerprint density at radius 3 is 2.66 bits per heavy atom. The van der Waals surface area contributed by atoms with Gasteiger partial charge in [0.25, 0.3) is 6.43 Å². The van der Waals surface area contributed by atoms with Crippen LogP contribution in [0.5, 0.6) is 0 Å². The molecule has 1 aliphatic heterocycles. The standard InChI is InChI=1S/C24H26F2N4O2/c1-14(2)13-32-24(31)27-16-11-30(12-16)23-19-9-8-15(3)10-20(19)28-22(29-23)18-7-5-4-6-17(18)21(25)26/h4-10,14,16,21H,11-13H2,1-3H3,(H,27,31). The summed E-state index contributed by atoms with van der Waals surface area (Å²) < 4.78 is 32.4. The SMILES string of the molecule is Cc1ccc2c(N3CC(NC(=O)OCC(C)C)C3)nc(-c3ccccc3C(F)F)nc2c1. The summed E-state index contributed by atoms with van der Waals surface area (Å²) in [7, 11) is 0. The number of rotatable bonds is 6. The van der Waals surface area contributed by atoms with Crippen molar-refractivity contribution in [2.24, 2.45) is 5.92 Å². The van der Waals surface area contributed by atoms with Gasteiger partial charge in [0.05, 0.1) is 18.2 Å². The van der Waals surface area contributed by atoms with Gasteiger partial charge >= 0.3 is 6.09 Å². The van der Waals surface area contributed by atoms with Crippen molar-refractivity contribution in [3.63, 3.8) is 0 Å². The van der Waals surface area contributed by atoms with Crippen LogP contribution in [0.4, 0.5) is 19.4 Å². The lowest BCUT2D eigenvalue weighted by Crippen LogP contribution is -2.59. The molecule has 1 N–H and O–H groups in total. The average molecular weight is 440 g/mol. The number of alkyl halides is 2. The number of halogens is 2. The Kier molecular flexibility index (Phi) is 6.21. The Hall–Kier alpha value is -3.29. The molecule has 1 amide bonds. The van der Waals surface area contributed by atoms with Crippen molar-refractivity contribution < 1.29 is 18.3 Å². The van der Waals surface area contributed by atoms with Crippen molar-refractivity contribution in [2.75, 3.05) is 24.6 Å². The summed E-state index contributed by atoms with van der Waals surface area (Å²) in [5.74, 6) is 1.20. The maximum absolute atomic E-state index is 13.6. The van der Waals surface area contributed by atoms with Crippen LogP contribution in [0.2, 0.25) is 0 Å². The molecule has 0 aliphatic carbocycles. The third-order valence-electron chi connectivity index (χ3n) is 5.32. The Morgan fingerprint density at radius 2 is 1.94 bits per heavy atom. The molecule has 4 rings (SSSR count). The highest BCUT2D eigenvalue weighted by Gasteiger charge is 2.31. The summed E-state index contributed by atoms with van der Waals surface area (Å²) >= 11 is 0. The van der Waals surface area contributed by atoms with Gasteiger partial charge in [0.1, 0.15) is 5.82 Å². The third kappa shape index (κ3) is 4.64. The van der Waals surface area contributed by atoms with E-state index in [1.54, 1.807) is 18.2 Å². The first kappa shape index (κ1) is 21.9. The Balaban J connectivity index is 1.62. The van der Waals surface area contributed by atoms with E-state index in [1.807, 2.05) is 43.9 Å². The first-order valence-corrected chi connectivity index (χ1v) is 10.7. The number of hydrogen-bond donors (Lipinski definition) is 1. The third-order valence-corrected chi connectivity index (χ3v) is 5.32. The van der Waals surface area contributed by atoms with Gasteiger partial charge in [-0.05, 0) is 30.5 Å². The highest BCUT2D eigenvalue weighted by Crippen LogP contribution is 2.34. The molecule has 8 heteroatoms. The predicted octanol–water partition coefficient (Wildman–Crippen LogP) is 5.11. The van der Waals surface area contributed by atoms with Crippen LogP contribution in [0, 0.1) is 12.8 Å². The van der Waals surface area contributed by atoms with E-state index in [0.29, 0.717) is 36.6 Å². The topological polar surface area (TPSA) is 67.4 Å². The molecule has 2 heterocycles. The van der Waals surface area contributed by atoms with Gasteiger partial charge in [-0.3, -0.25) is 0 Å². The van der Waals surface area contributed by atoms with Crippen molar-refractivity contribution >= 4 is 22.8 Å². The number of aryl methyl sites for hydroxylation is 1. The zero-order valence-corrected chi connectivity index (χ0v) is 18.3.